The lowest BCUT2D eigenvalue weighted by molar-refractivity contribution is -0.115. The molecular formula is C24H22N4O5S. The molecule has 2 heterocycles. The van der Waals surface area contributed by atoms with Crippen molar-refractivity contribution in [1.29, 1.82) is 0 Å². The molecule has 174 valence electrons. The summed E-state index contributed by atoms with van der Waals surface area (Å²) in [6.45, 7) is 1.62. The first kappa shape index (κ1) is 23.3. The molecule has 1 saturated heterocycles. The minimum Gasteiger partial charge on any atom is -0.497 e. The molecule has 10 heteroatoms. The maximum atomic E-state index is 11.6. The van der Waals surface area contributed by atoms with Crippen molar-refractivity contribution in [2.45, 2.75) is 6.54 Å². The predicted molar refractivity (Wildman–Crippen MR) is 128 cm³/mol. The third-order valence-corrected chi connectivity index (χ3v) is 5.46. The number of imide groups is 1. The SMILES string of the molecule is COc1ccc(Oc2cc(CNCCOc3ccc(/C=C4/SC(=O)NC4=O)cc3)ncn2)cc1. The number of hydrogen-bond acceptors (Lipinski definition) is 9. The number of ether oxygens (including phenoxy) is 3. The number of methoxy groups -OCH3 is 1. The monoisotopic (exact) mass is 478 g/mol. The van der Waals surface area contributed by atoms with Gasteiger partial charge >= 0.3 is 0 Å². The van der Waals surface area contributed by atoms with E-state index in [-0.39, 0.29) is 11.1 Å². The molecule has 0 unspecified atom stereocenters. The zero-order valence-electron chi connectivity index (χ0n) is 18.3. The molecule has 1 fully saturated rings. The number of carbonyl (C=O) groups excluding carboxylic acids is 2. The van der Waals surface area contributed by atoms with Crippen molar-refractivity contribution in [2.75, 3.05) is 20.3 Å². The van der Waals surface area contributed by atoms with E-state index in [0.717, 1.165) is 28.8 Å². The summed E-state index contributed by atoms with van der Waals surface area (Å²) >= 11 is 0.893. The highest BCUT2D eigenvalue weighted by atomic mass is 32.2. The van der Waals surface area contributed by atoms with Gasteiger partial charge in [-0.25, -0.2) is 9.97 Å². The van der Waals surface area contributed by atoms with E-state index < -0.39 is 0 Å². The number of nitrogens with one attached hydrogen (secondary N) is 2. The van der Waals surface area contributed by atoms with Crippen LogP contribution in [0.25, 0.3) is 6.08 Å². The summed E-state index contributed by atoms with van der Waals surface area (Å²) in [5.41, 5.74) is 1.61. The molecule has 2 N–H and O–H groups in total. The van der Waals surface area contributed by atoms with Gasteiger partial charge in [0.25, 0.3) is 11.1 Å². The summed E-state index contributed by atoms with van der Waals surface area (Å²) in [6.07, 6.45) is 3.14. The molecule has 2 aromatic carbocycles. The average Bonchev–Trinajstić information content (AvgIpc) is 3.17. The van der Waals surface area contributed by atoms with Crippen LogP contribution in [-0.4, -0.2) is 41.4 Å². The van der Waals surface area contributed by atoms with Gasteiger partial charge in [0.15, 0.2) is 0 Å². The number of thioether (sulfide) groups is 1. The lowest BCUT2D eigenvalue weighted by Crippen LogP contribution is -2.21. The van der Waals surface area contributed by atoms with Gasteiger partial charge in [0.05, 0.1) is 17.7 Å². The Bertz CT molecular complexity index is 1180. The van der Waals surface area contributed by atoms with Gasteiger partial charge in [-0.15, -0.1) is 0 Å². The van der Waals surface area contributed by atoms with Crippen LogP contribution in [0.3, 0.4) is 0 Å². The number of aromatic nitrogens is 2. The summed E-state index contributed by atoms with van der Waals surface area (Å²) in [6, 6.07) is 16.3. The Morgan fingerprint density at radius 2 is 1.74 bits per heavy atom. The second kappa shape index (κ2) is 11.3. The quantitative estimate of drug-likeness (QED) is 0.332. The summed E-state index contributed by atoms with van der Waals surface area (Å²) < 4.78 is 16.6. The van der Waals surface area contributed by atoms with Gasteiger partial charge in [0, 0.05) is 19.2 Å². The lowest BCUT2D eigenvalue weighted by Gasteiger charge is -2.09. The lowest BCUT2D eigenvalue weighted by atomic mass is 10.2. The molecular weight excluding hydrogens is 456 g/mol. The van der Waals surface area contributed by atoms with Crippen LogP contribution in [-0.2, 0) is 11.3 Å². The molecule has 0 saturated carbocycles. The van der Waals surface area contributed by atoms with Crippen LogP contribution >= 0.6 is 11.8 Å². The van der Waals surface area contributed by atoms with Crippen LogP contribution in [0.5, 0.6) is 23.1 Å². The summed E-state index contributed by atoms with van der Waals surface area (Å²) in [5, 5.41) is 5.15. The third-order valence-electron chi connectivity index (χ3n) is 4.65. The molecule has 1 aliphatic rings. The van der Waals surface area contributed by atoms with Crippen LogP contribution in [0.2, 0.25) is 0 Å². The normalized spacial score (nSPS) is 14.2. The van der Waals surface area contributed by atoms with E-state index in [1.54, 1.807) is 19.3 Å². The molecule has 4 rings (SSSR count). The Morgan fingerprint density at radius 1 is 1.00 bits per heavy atom. The van der Waals surface area contributed by atoms with Gasteiger partial charge in [-0.05, 0) is 59.8 Å². The number of nitrogens with zero attached hydrogens (tertiary/aromatic N) is 2. The average molecular weight is 479 g/mol. The van der Waals surface area contributed by atoms with Gasteiger partial charge in [0.2, 0.25) is 5.88 Å². The van der Waals surface area contributed by atoms with Crippen molar-refractivity contribution in [3.05, 3.63) is 77.1 Å². The van der Waals surface area contributed by atoms with E-state index in [9.17, 15) is 9.59 Å². The molecule has 1 aliphatic heterocycles. The van der Waals surface area contributed by atoms with Gasteiger partial charge in [-0.3, -0.25) is 14.9 Å². The molecule has 2 amide bonds. The minimum absolute atomic E-state index is 0.355. The fourth-order valence-electron chi connectivity index (χ4n) is 2.98. The van der Waals surface area contributed by atoms with Crippen LogP contribution in [0, 0.1) is 0 Å². The zero-order valence-corrected chi connectivity index (χ0v) is 19.1. The first-order chi connectivity index (χ1) is 16.6. The van der Waals surface area contributed by atoms with Gasteiger partial charge in [-0.2, -0.15) is 0 Å². The van der Waals surface area contributed by atoms with Crippen LogP contribution < -0.4 is 24.8 Å². The molecule has 0 radical (unpaired) electrons. The zero-order chi connectivity index (χ0) is 23.8. The topological polar surface area (TPSA) is 112 Å². The standard InChI is InChI=1S/C24H22N4O5S/c1-31-18-6-8-20(9-7-18)33-22-13-17(26-15-27-22)14-25-10-11-32-19-4-2-16(3-5-19)12-21-23(29)28-24(30)34-21/h2-9,12-13,15,25H,10-11,14H2,1H3,(H,28,29,30)/b21-12+. The molecule has 1 aromatic heterocycles. The molecule has 0 bridgehead atoms. The van der Waals surface area contributed by atoms with E-state index >= 15 is 0 Å². The Balaban J connectivity index is 1.20. The maximum Gasteiger partial charge on any atom is 0.290 e. The highest BCUT2D eigenvalue weighted by Crippen LogP contribution is 2.26. The van der Waals surface area contributed by atoms with E-state index in [1.807, 2.05) is 48.5 Å². The Hall–Kier alpha value is -3.89. The Labute approximate surface area is 200 Å². The number of rotatable bonds is 10. The third kappa shape index (κ3) is 6.56. The molecule has 9 nitrogen and oxygen atoms in total. The van der Waals surface area contributed by atoms with E-state index in [2.05, 4.69) is 20.6 Å². The van der Waals surface area contributed by atoms with E-state index in [0.29, 0.717) is 42.0 Å². The largest absolute Gasteiger partial charge is 0.497 e. The minimum atomic E-state index is -0.371. The molecule has 0 aliphatic carbocycles. The number of benzene rings is 2. The van der Waals surface area contributed by atoms with Crippen molar-refractivity contribution in [1.82, 2.24) is 20.6 Å². The molecule has 3 aromatic rings. The number of carbonyl (C=O) groups is 2. The predicted octanol–water partition coefficient (Wildman–Crippen LogP) is 3.77. The van der Waals surface area contributed by atoms with Gasteiger partial charge in [-0.1, -0.05) is 12.1 Å². The van der Waals surface area contributed by atoms with Crippen molar-refractivity contribution >= 4 is 29.0 Å². The second-order valence-corrected chi connectivity index (χ2v) is 8.09. The first-order valence-corrected chi connectivity index (χ1v) is 11.2. The number of hydrogen-bond donors (Lipinski definition) is 2. The van der Waals surface area contributed by atoms with Crippen molar-refractivity contribution in [3.8, 4) is 23.1 Å². The maximum absolute atomic E-state index is 11.6. The second-order valence-electron chi connectivity index (χ2n) is 7.07. The van der Waals surface area contributed by atoms with Gasteiger partial charge < -0.3 is 19.5 Å². The summed E-state index contributed by atoms with van der Waals surface area (Å²) in [4.78, 5) is 31.6. The van der Waals surface area contributed by atoms with Crippen LogP contribution in [0.1, 0.15) is 11.3 Å². The Kier molecular flexibility index (Phi) is 7.74. The molecule has 0 spiro atoms. The van der Waals surface area contributed by atoms with Crippen molar-refractivity contribution in [2.24, 2.45) is 0 Å². The van der Waals surface area contributed by atoms with E-state index in [4.69, 9.17) is 14.2 Å². The van der Waals surface area contributed by atoms with Crippen LogP contribution in [0.15, 0.2) is 65.8 Å². The van der Waals surface area contributed by atoms with Crippen molar-refractivity contribution in [3.63, 3.8) is 0 Å². The van der Waals surface area contributed by atoms with Gasteiger partial charge in [0.1, 0.15) is 30.2 Å². The number of amides is 2. The molecule has 0 atom stereocenters. The highest BCUT2D eigenvalue weighted by molar-refractivity contribution is 8.18. The molecule has 34 heavy (non-hydrogen) atoms. The summed E-state index contributed by atoms with van der Waals surface area (Å²) in [5.74, 6) is 2.21. The van der Waals surface area contributed by atoms with Crippen LogP contribution in [0.4, 0.5) is 4.79 Å². The fourth-order valence-corrected chi connectivity index (χ4v) is 3.67. The Morgan fingerprint density at radius 3 is 2.44 bits per heavy atom. The van der Waals surface area contributed by atoms with Crippen molar-refractivity contribution < 1.29 is 23.8 Å². The summed E-state index contributed by atoms with van der Waals surface area (Å²) in [7, 11) is 1.61. The fraction of sp³-hybridized carbons (Fsp3) is 0.167. The van der Waals surface area contributed by atoms with E-state index in [1.165, 1.54) is 6.33 Å². The first-order valence-electron chi connectivity index (χ1n) is 10.4. The highest BCUT2D eigenvalue weighted by Gasteiger charge is 2.24. The smallest absolute Gasteiger partial charge is 0.290 e.